The molecule has 124 valence electrons. The maximum absolute atomic E-state index is 4.24. The zero-order chi connectivity index (χ0) is 17.5. The summed E-state index contributed by atoms with van der Waals surface area (Å²) < 4.78 is 2.10. The van der Waals surface area contributed by atoms with Crippen LogP contribution in [0.5, 0.6) is 0 Å². The number of rotatable bonds is 2. The molecular weight excluding hydrogens is 316 g/mol. The highest BCUT2D eigenvalue weighted by Gasteiger charge is 2.13. The van der Waals surface area contributed by atoms with Crippen LogP contribution in [-0.2, 0) is 0 Å². The molecule has 0 bridgehead atoms. The van der Waals surface area contributed by atoms with Crippen LogP contribution in [0.2, 0.25) is 0 Å². The first kappa shape index (κ1) is 14.9. The molecule has 26 heavy (non-hydrogen) atoms. The van der Waals surface area contributed by atoms with E-state index < -0.39 is 0 Å². The highest BCUT2D eigenvalue weighted by molar-refractivity contribution is 6.12. The monoisotopic (exact) mass is 334 g/mol. The Hall–Kier alpha value is -3.39. The average molecular weight is 334 g/mol. The van der Waals surface area contributed by atoms with Crippen molar-refractivity contribution in [2.45, 2.75) is 6.92 Å². The molecule has 2 nitrogen and oxygen atoms in total. The highest BCUT2D eigenvalue weighted by Crippen LogP contribution is 2.36. The van der Waals surface area contributed by atoms with Crippen LogP contribution in [0.4, 0.5) is 0 Å². The van der Waals surface area contributed by atoms with Crippen molar-refractivity contribution in [1.82, 2.24) is 9.55 Å². The molecule has 0 saturated carbocycles. The van der Waals surface area contributed by atoms with Gasteiger partial charge in [-0.2, -0.15) is 0 Å². The summed E-state index contributed by atoms with van der Waals surface area (Å²) in [5, 5.41) is 5.14. The Morgan fingerprint density at radius 3 is 2.38 bits per heavy atom. The SMILES string of the molecule is Cc1cccc(-c2cccc3c2ccc2ccccc23)c1-n1ccnc1. The minimum atomic E-state index is 1.19. The molecule has 0 unspecified atom stereocenters. The van der Waals surface area contributed by atoms with Gasteiger partial charge in [-0.25, -0.2) is 4.98 Å². The second kappa shape index (κ2) is 5.85. The number of para-hydroxylation sites is 1. The van der Waals surface area contributed by atoms with E-state index in [2.05, 4.69) is 89.3 Å². The molecule has 0 aliphatic rings. The molecule has 0 spiro atoms. The quantitative estimate of drug-likeness (QED) is 0.354. The molecule has 2 heteroatoms. The summed E-state index contributed by atoms with van der Waals surface area (Å²) in [5.41, 5.74) is 4.90. The van der Waals surface area contributed by atoms with E-state index in [4.69, 9.17) is 0 Å². The van der Waals surface area contributed by atoms with Crippen molar-refractivity contribution in [3.63, 3.8) is 0 Å². The van der Waals surface area contributed by atoms with Crippen LogP contribution in [0.1, 0.15) is 5.56 Å². The fourth-order valence-electron chi connectivity index (χ4n) is 3.89. The molecule has 0 aliphatic carbocycles. The molecule has 0 aliphatic heterocycles. The predicted octanol–water partition coefficient (Wildman–Crippen LogP) is 6.15. The number of hydrogen-bond acceptors (Lipinski definition) is 1. The largest absolute Gasteiger partial charge is 0.305 e. The Morgan fingerprint density at radius 1 is 0.692 bits per heavy atom. The molecule has 0 saturated heterocycles. The van der Waals surface area contributed by atoms with Gasteiger partial charge in [-0.1, -0.05) is 72.8 Å². The van der Waals surface area contributed by atoms with Gasteiger partial charge < -0.3 is 4.57 Å². The number of fused-ring (bicyclic) bond motifs is 3. The zero-order valence-electron chi connectivity index (χ0n) is 14.6. The van der Waals surface area contributed by atoms with E-state index in [1.807, 2.05) is 18.7 Å². The Kier molecular flexibility index (Phi) is 3.36. The molecule has 0 atom stereocenters. The number of benzene rings is 4. The lowest BCUT2D eigenvalue weighted by atomic mass is 9.93. The third-order valence-electron chi connectivity index (χ3n) is 5.08. The van der Waals surface area contributed by atoms with Crippen LogP contribution in [-0.4, -0.2) is 9.55 Å². The van der Waals surface area contributed by atoms with Crippen LogP contribution in [0.25, 0.3) is 38.4 Å². The minimum Gasteiger partial charge on any atom is -0.305 e. The Morgan fingerprint density at radius 2 is 1.50 bits per heavy atom. The van der Waals surface area contributed by atoms with E-state index >= 15 is 0 Å². The first-order valence-corrected chi connectivity index (χ1v) is 8.82. The smallest absolute Gasteiger partial charge is 0.0991 e. The fraction of sp³-hybridized carbons (Fsp3) is 0.0417. The zero-order valence-corrected chi connectivity index (χ0v) is 14.6. The first-order chi connectivity index (χ1) is 12.8. The van der Waals surface area contributed by atoms with Gasteiger partial charge in [0.2, 0.25) is 0 Å². The summed E-state index contributed by atoms with van der Waals surface area (Å²) in [7, 11) is 0. The average Bonchev–Trinajstić information content (AvgIpc) is 3.21. The van der Waals surface area contributed by atoms with Gasteiger partial charge in [0, 0.05) is 18.0 Å². The van der Waals surface area contributed by atoms with Crippen LogP contribution >= 0.6 is 0 Å². The van der Waals surface area contributed by atoms with Crippen LogP contribution in [0.15, 0.2) is 91.5 Å². The lowest BCUT2D eigenvalue weighted by Crippen LogP contribution is -1.98. The Balaban J connectivity index is 1.87. The molecule has 1 aromatic heterocycles. The maximum atomic E-state index is 4.24. The van der Waals surface area contributed by atoms with Crippen molar-refractivity contribution in [3.05, 3.63) is 97.1 Å². The van der Waals surface area contributed by atoms with E-state index in [1.165, 1.54) is 43.9 Å². The number of nitrogens with zero attached hydrogens (tertiary/aromatic N) is 2. The number of aryl methyl sites for hydroxylation is 1. The molecule has 0 radical (unpaired) electrons. The molecule has 5 aromatic rings. The lowest BCUT2D eigenvalue weighted by molar-refractivity contribution is 1.04. The van der Waals surface area contributed by atoms with Gasteiger partial charge in [0.15, 0.2) is 0 Å². The molecule has 1 heterocycles. The van der Waals surface area contributed by atoms with Crippen LogP contribution in [0, 0.1) is 6.92 Å². The van der Waals surface area contributed by atoms with Gasteiger partial charge >= 0.3 is 0 Å². The predicted molar refractivity (Wildman–Crippen MR) is 109 cm³/mol. The normalized spacial score (nSPS) is 11.3. The minimum absolute atomic E-state index is 1.19. The van der Waals surface area contributed by atoms with Crippen molar-refractivity contribution in [1.29, 1.82) is 0 Å². The summed E-state index contributed by atoms with van der Waals surface area (Å²) in [6.07, 6.45) is 5.70. The van der Waals surface area contributed by atoms with E-state index in [1.54, 1.807) is 0 Å². The maximum Gasteiger partial charge on any atom is 0.0991 e. The second-order valence-corrected chi connectivity index (χ2v) is 6.63. The Bertz CT molecular complexity index is 1230. The third kappa shape index (κ3) is 2.23. The molecule has 0 fully saturated rings. The Labute approximate surface area is 152 Å². The van der Waals surface area contributed by atoms with Gasteiger partial charge in [0.25, 0.3) is 0 Å². The molecule has 5 rings (SSSR count). The topological polar surface area (TPSA) is 17.8 Å². The van der Waals surface area contributed by atoms with E-state index in [-0.39, 0.29) is 0 Å². The van der Waals surface area contributed by atoms with Crippen molar-refractivity contribution in [2.75, 3.05) is 0 Å². The van der Waals surface area contributed by atoms with E-state index in [9.17, 15) is 0 Å². The standard InChI is InChI=1S/C24H18N2/c1-17-6-4-11-23(24(17)26-15-14-25-16-26)21-10-5-9-20-19-8-3-2-7-18(19)12-13-22(20)21/h2-16H,1H3. The van der Waals surface area contributed by atoms with Crippen molar-refractivity contribution < 1.29 is 0 Å². The van der Waals surface area contributed by atoms with E-state index in [0.29, 0.717) is 0 Å². The highest BCUT2D eigenvalue weighted by atomic mass is 15.0. The van der Waals surface area contributed by atoms with Crippen LogP contribution < -0.4 is 0 Å². The summed E-state index contributed by atoms with van der Waals surface area (Å²) in [4.78, 5) is 4.24. The summed E-state index contributed by atoms with van der Waals surface area (Å²) in [6.45, 7) is 2.15. The van der Waals surface area contributed by atoms with Gasteiger partial charge in [0.1, 0.15) is 0 Å². The van der Waals surface area contributed by atoms with Crippen molar-refractivity contribution >= 4 is 21.5 Å². The van der Waals surface area contributed by atoms with Crippen molar-refractivity contribution in [3.8, 4) is 16.8 Å². The van der Waals surface area contributed by atoms with Gasteiger partial charge in [-0.05, 0) is 39.6 Å². The third-order valence-corrected chi connectivity index (χ3v) is 5.08. The summed E-state index contributed by atoms with van der Waals surface area (Å²) in [5.74, 6) is 0. The van der Waals surface area contributed by atoms with Gasteiger partial charge in [-0.3, -0.25) is 0 Å². The van der Waals surface area contributed by atoms with Gasteiger partial charge in [0.05, 0.1) is 12.0 Å². The van der Waals surface area contributed by atoms with Crippen LogP contribution in [0.3, 0.4) is 0 Å². The van der Waals surface area contributed by atoms with E-state index in [0.717, 1.165) is 0 Å². The second-order valence-electron chi connectivity index (χ2n) is 6.63. The molecule has 0 N–H and O–H groups in total. The fourth-order valence-corrected chi connectivity index (χ4v) is 3.89. The lowest BCUT2D eigenvalue weighted by Gasteiger charge is -2.16. The van der Waals surface area contributed by atoms with Crippen molar-refractivity contribution in [2.24, 2.45) is 0 Å². The molecule has 0 amide bonds. The number of hydrogen-bond donors (Lipinski definition) is 0. The number of imidazole rings is 1. The molecule has 4 aromatic carbocycles. The summed E-state index contributed by atoms with van der Waals surface area (Å²) >= 11 is 0. The summed E-state index contributed by atoms with van der Waals surface area (Å²) in [6, 6.07) is 26.1. The van der Waals surface area contributed by atoms with Gasteiger partial charge in [-0.15, -0.1) is 0 Å². The first-order valence-electron chi connectivity index (χ1n) is 8.82. The molecular formula is C24H18N2. The number of aromatic nitrogens is 2.